The highest BCUT2D eigenvalue weighted by molar-refractivity contribution is 5.96. The molecule has 0 unspecified atom stereocenters. The minimum atomic E-state index is -0.517. The molecule has 138 valence electrons. The second-order valence-corrected chi connectivity index (χ2v) is 5.39. The van der Waals surface area contributed by atoms with E-state index in [1.807, 2.05) is 19.1 Å². The molecule has 0 fully saturated rings. The van der Waals surface area contributed by atoms with Crippen molar-refractivity contribution < 1.29 is 19.1 Å². The van der Waals surface area contributed by atoms with Crippen molar-refractivity contribution in [2.75, 3.05) is 37.0 Å². The molecule has 0 heterocycles. The summed E-state index contributed by atoms with van der Waals surface area (Å²) >= 11 is 0. The summed E-state index contributed by atoms with van der Waals surface area (Å²) in [6.45, 7) is 3.47. The third-order valence-corrected chi connectivity index (χ3v) is 3.45. The van der Waals surface area contributed by atoms with E-state index in [-0.39, 0.29) is 12.5 Å². The highest BCUT2D eigenvalue weighted by atomic mass is 16.5. The van der Waals surface area contributed by atoms with Crippen LogP contribution in [0.4, 0.5) is 11.4 Å². The van der Waals surface area contributed by atoms with Crippen LogP contribution < -0.4 is 21.1 Å². The van der Waals surface area contributed by atoms with Crippen molar-refractivity contribution in [3.63, 3.8) is 0 Å². The smallest absolute Gasteiger partial charge is 0.248 e. The van der Waals surface area contributed by atoms with Gasteiger partial charge in [-0.3, -0.25) is 9.59 Å². The Bertz CT molecular complexity index is 749. The molecule has 0 aliphatic heterocycles. The number of nitrogens with one attached hydrogen (secondary N) is 2. The predicted molar refractivity (Wildman–Crippen MR) is 101 cm³/mol. The van der Waals surface area contributed by atoms with Gasteiger partial charge in [-0.2, -0.15) is 0 Å². The molecule has 2 aromatic carbocycles. The standard InChI is InChI=1S/C19H23N3O4/c1-2-25-10-11-26-17-9-4-3-8-16(17)22-18(23)13-21-15-7-5-6-14(12-15)19(20)24/h3-9,12,21H,2,10-11,13H2,1H3,(H2,20,24)(H,22,23). The Morgan fingerprint density at radius 1 is 1.08 bits per heavy atom. The van der Waals surface area contributed by atoms with Gasteiger partial charge in [-0.25, -0.2) is 0 Å². The normalized spacial score (nSPS) is 10.2. The van der Waals surface area contributed by atoms with Gasteiger partial charge in [0.15, 0.2) is 0 Å². The van der Waals surface area contributed by atoms with E-state index in [1.54, 1.807) is 36.4 Å². The lowest BCUT2D eigenvalue weighted by molar-refractivity contribution is -0.114. The van der Waals surface area contributed by atoms with Gasteiger partial charge in [-0.05, 0) is 37.3 Å². The van der Waals surface area contributed by atoms with E-state index < -0.39 is 5.91 Å². The number of para-hydroxylation sites is 2. The third kappa shape index (κ3) is 6.10. The molecule has 0 aliphatic rings. The number of ether oxygens (including phenoxy) is 2. The molecule has 0 radical (unpaired) electrons. The van der Waals surface area contributed by atoms with Crippen molar-refractivity contribution in [3.05, 3.63) is 54.1 Å². The van der Waals surface area contributed by atoms with Crippen LogP contribution in [0.15, 0.2) is 48.5 Å². The topological polar surface area (TPSA) is 103 Å². The number of nitrogens with two attached hydrogens (primary N) is 1. The van der Waals surface area contributed by atoms with Crippen LogP contribution >= 0.6 is 0 Å². The Morgan fingerprint density at radius 3 is 2.65 bits per heavy atom. The molecule has 4 N–H and O–H groups in total. The minimum absolute atomic E-state index is 0.0372. The first-order valence-electron chi connectivity index (χ1n) is 8.33. The van der Waals surface area contributed by atoms with Gasteiger partial charge in [0.1, 0.15) is 12.4 Å². The molecule has 0 bridgehead atoms. The first-order valence-corrected chi connectivity index (χ1v) is 8.33. The Morgan fingerprint density at radius 2 is 1.88 bits per heavy atom. The fourth-order valence-corrected chi connectivity index (χ4v) is 2.21. The van der Waals surface area contributed by atoms with E-state index in [0.717, 1.165) is 0 Å². The van der Waals surface area contributed by atoms with Crippen LogP contribution in [0.3, 0.4) is 0 Å². The first-order chi connectivity index (χ1) is 12.6. The molecule has 2 aromatic rings. The molecule has 26 heavy (non-hydrogen) atoms. The van der Waals surface area contributed by atoms with Crippen LogP contribution in [0.25, 0.3) is 0 Å². The molecule has 0 aromatic heterocycles. The molecule has 0 spiro atoms. The monoisotopic (exact) mass is 357 g/mol. The summed E-state index contributed by atoms with van der Waals surface area (Å²) in [6.07, 6.45) is 0. The van der Waals surface area contributed by atoms with Crippen LogP contribution in [-0.2, 0) is 9.53 Å². The highest BCUT2D eigenvalue weighted by Gasteiger charge is 2.08. The number of primary amides is 1. The van der Waals surface area contributed by atoms with Crippen molar-refractivity contribution in [2.24, 2.45) is 5.73 Å². The summed E-state index contributed by atoms with van der Waals surface area (Å²) in [6, 6.07) is 13.9. The van der Waals surface area contributed by atoms with E-state index >= 15 is 0 Å². The molecule has 7 heteroatoms. The Labute approximate surface area is 152 Å². The van der Waals surface area contributed by atoms with Gasteiger partial charge in [0, 0.05) is 17.9 Å². The summed E-state index contributed by atoms with van der Waals surface area (Å²) < 4.78 is 10.9. The van der Waals surface area contributed by atoms with Gasteiger partial charge < -0.3 is 25.8 Å². The maximum atomic E-state index is 12.2. The SMILES string of the molecule is CCOCCOc1ccccc1NC(=O)CNc1cccc(C(N)=O)c1. The van der Waals surface area contributed by atoms with E-state index in [4.69, 9.17) is 15.2 Å². The number of anilines is 2. The number of hydrogen-bond donors (Lipinski definition) is 3. The van der Waals surface area contributed by atoms with Gasteiger partial charge in [-0.1, -0.05) is 18.2 Å². The maximum absolute atomic E-state index is 12.2. The Balaban J connectivity index is 1.89. The van der Waals surface area contributed by atoms with Crippen LogP contribution in [0, 0.1) is 0 Å². The van der Waals surface area contributed by atoms with E-state index in [2.05, 4.69) is 10.6 Å². The summed E-state index contributed by atoms with van der Waals surface area (Å²) in [5, 5.41) is 5.76. The average Bonchev–Trinajstić information content (AvgIpc) is 2.65. The summed E-state index contributed by atoms with van der Waals surface area (Å²) in [4.78, 5) is 23.4. The summed E-state index contributed by atoms with van der Waals surface area (Å²) in [5.74, 6) is -0.178. The molecular weight excluding hydrogens is 334 g/mol. The van der Waals surface area contributed by atoms with Gasteiger partial charge in [0.05, 0.1) is 18.8 Å². The average molecular weight is 357 g/mol. The zero-order valence-electron chi connectivity index (χ0n) is 14.7. The second-order valence-electron chi connectivity index (χ2n) is 5.39. The number of carbonyl (C=O) groups is 2. The van der Waals surface area contributed by atoms with Gasteiger partial charge >= 0.3 is 0 Å². The van der Waals surface area contributed by atoms with Gasteiger partial charge in [0.2, 0.25) is 11.8 Å². The lowest BCUT2D eigenvalue weighted by Crippen LogP contribution is -2.22. The Kier molecular flexibility index (Phi) is 7.45. The molecule has 0 aliphatic carbocycles. The third-order valence-electron chi connectivity index (χ3n) is 3.45. The number of benzene rings is 2. The molecule has 0 saturated heterocycles. The van der Waals surface area contributed by atoms with E-state index in [9.17, 15) is 9.59 Å². The van der Waals surface area contributed by atoms with Crippen LogP contribution in [0.5, 0.6) is 5.75 Å². The number of carbonyl (C=O) groups excluding carboxylic acids is 2. The zero-order valence-corrected chi connectivity index (χ0v) is 14.7. The van der Waals surface area contributed by atoms with Crippen molar-refractivity contribution in [3.8, 4) is 5.75 Å². The molecule has 0 saturated carbocycles. The maximum Gasteiger partial charge on any atom is 0.248 e. The molecule has 0 atom stereocenters. The van der Waals surface area contributed by atoms with Crippen molar-refractivity contribution in [1.29, 1.82) is 0 Å². The van der Waals surface area contributed by atoms with Crippen LogP contribution in [-0.4, -0.2) is 38.2 Å². The molecular formula is C19H23N3O4. The number of rotatable bonds is 10. The van der Waals surface area contributed by atoms with Crippen molar-refractivity contribution >= 4 is 23.2 Å². The van der Waals surface area contributed by atoms with Crippen molar-refractivity contribution in [2.45, 2.75) is 6.92 Å². The highest BCUT2D eigenvalue weighted by Crippen LogP contribution is 2.23. The second kappa shape index (κ2) is 10.0. The largest absolute Gasteiger partial charge is 0.489 e. The van der Waals surface area contributed by atoms with Crippen molar-refractivity contribution in [1.82, 2.24) is 0 Å². The lowest BCUT2D eigenvalue weighted by atomic mass is 10.2. The Hall–Kier alpha value is -3.06. The quantitative estimate of drug-likeness (QED) is 0.566. The molecule has 2 amide bonds. The van der Waals surface area contributed by atoms with Gasteiger partial charge in [0.25, 0.3) is 0 Å². The first kappa shape index (κ1) is 19.3. The number of amides is 2. The predicted octanol–water partition coefficient (Wildman–Crippen LogP) is 2.25. The minimum Gasteiger partial charge on any atom is -0.489 e. The van der Waals surface area contributed by atoms with E-state index in [1.165, 1.54) is 0 Å². The van der Waals surface area contributed by atoms with Crippen LogP contribution in [0.2, 0.25) is 0 Å². The summed E-state index contributed by atoms with van der Waals surface area (Å²) in [5.41, 5.74) is 6.85. The number of hydrogen-bond acceptors (Lipinski definition) is 5. The summed E-state index contributed by atoms with van der Waals surface area (Å²) in [7, 11) is 0. The fourth-order valence-electron chi connectivity index (χ4n) is 2.21. The molecule has 7 nitrogen and oxygen atoms in total. The van der Waals surface area contributed by atoms with E-state index in [0.29, 0.717) is 42.5 Å². The van der Waals surface area contributed by atoms with Crippen LogP contribution in [0.1, 0.15) is 17.3 Å². The zero-order chi connectivity index (χ0) is 18.8. The lowest BCUT2D eigenvalue weighted by Gasteiger charge is -2.13. The molecule has 2 rings (SSSR count). The van der Waals surface area contributed by atoms with Gasteiger partial charge in [-0.15, -0.1) is 0 Å². The fraction of sp³-hybridized carbons (Fsp3) is 0.263.